The van der Waals surface area contributed by atoms with E-state index in [-0.39, 0.29) is 11.5 Å². The lowest BCUT2D eigenvalue weighted by Gasteiger charge is -2.22. The highest BCUT2D eigenvalue weighted by atomic mass is 32.2. The predicted molar refractivity (Wildman–Crippen MR) is 92.6 cm³/mol. The summed E-state index contributed by atoms with van der Waals surface area (Å²) in [6.45, 7) is 4.17. The average Bonchev–Trinajstić information content (AvgIpc) is 3.25. The van der Waals surface area contributed by atoms with Crippen molar-refractivity contribution in [1.29, 1.82) is 0 Å². The van der Waals surface area contributed by atoms with Crippen LogP contribution >= 0.6 is 0 Å². The highest BCUT2D eigenvalue weighted by molar-refractivity contribution is 7.89. The van der Waals surface area contributed by atoms with Crippen LogP contribution in [-0.2, 0) is 10.0 Å². The van der Waals surface area contributed by atoms with Crippen molar-refractivity contribution in [3.8, 4) is 0 Å². The van der Waals surface area contributed by atoms with E-state index in [0.717, 1.165) is 17.5 Å². The van der Waals surface area contributed by atoms with Gasteiger partial charge >= 0.3 is 0 Å². The Morgan fingerprint density at radius 1 is 1.04 bits per heavy atom. The second-order valence-electron chi connectivity index (χ2n) is 6.91. The molecular formula is C19H23NO2S. The number of nitrogens with one attached hydrogen (secondary N) is 1. The molecule has 0 aromatic heterocycles. The van der Waals surface area contributed by atoms with E-state index >= 15 is 0 Å². The van der Waals surface area contributed by atoms with Crippen molar-refractivity contribution in [2.75, 3.05) is 0 Å². The third-order valence-electron chi connectivity index (χ3n) is 4.63. The third kappa shape index (κ3) is 4.01. The van der Waals surface area contributed by atoms with Crippen LogP contribution in [0.15, 0.2) is 59.5 Å². The maximum Gasteiger partial charge on any atom is 0.241 e. The molecule has 3 rings (SSSR count). The van der Waals surface area contributed by atoms with Crippen LogP contribution in [0.2, 0.25) is 0 Å². The summed E-state index contributed by atoms with van der Waals surface area (Å²) in [7, 11) is -3.52. The first-order valence-electron chi connectivity index (χ1n) is 8.02. The number of aryl methyl sites for hydroxylation is 1. The smallest absolute Gasteiger partial charge is 0.207 e. The molecule has 1 saturated carbocycles. The second kappa shape index (κ2) is 6.10. The first-order valence-corrected chi connectivity index (χ1v) is 9.50. The Morgan fingerprint density at radius 2 is 1.65 bits per heavy atom. The van der Waals surface area contributed by atoms with Gasteiger partial charge in [0, 0.05) is 6.04 Å². The Hall–Kier alpha value is -1.65. The molecule has 1 aliphatic rings. The molecule has 1 unspecified atom stereocenters. The van der Waals surface area contributed by atoms with Crippen molar-refractivity contribution in [2.24, 2.45) is 5.41 Å². The van der Waals surface area contributed by atoms with Gasteiger partial charge in [0.1, 0.15) is 0 Å². The molecule has 2 aromatic carbocycles. The zero-order valence-electron chi connectivity index (χ0n) is 13.6. The molecule has 122 valence electrons. The molecule has 2 aromatic rings. The molecule has 0 bridgehead atoms. The van der Waals surface area contributed by atoms with Gasteiger partial charge in [-0.1, -0.05) is 55.0 Å². The largest absolute Gasteiger partial charge is 0.241 e. The zero-order chi connectivity index (χ0) is 16.5. The lowest BCUT2D eigenvalue weighted by molar-refractivity contribution is 0.430. The Morgan fingerprint density at radius 3 is 2.22 bits per heavy atom. The molecule has 23 heavy (non-hydrogen) atoms. The van der Waals surface area contributed by atoms with Crippen LogP contribution < -0.4 is 4.72 Å². The van der Waals surface area contributed by atoms with Crippen molar-refractivity contribution >= 4 is 10.0 Å². The first-order chi connectivity index (χ1) is 10.9. The highest BCUT2D eigenvalue weighted by Gasteiger charge is 2.40. The van der Waals surface area contributed by atoms with Gasteiger partial charge in [-0.05, 0) is 49.3 Å². The fourth-order valence-corrected chi connectivity index (χ4v) is 4.02. The number of sulfonamides is 1. The van der Waals surface area contributed by atoms with Crippen LogP contribution in [0, 0.1) is 12.3 Å². The SMILES string of the molecule is Cc1ccc(S(=O)(=O)NC(CC2(C)CC2)c2ccccc2)cc1. The molecule has 1 atom stereocenters. The summed E-state index contributed by atoms with van der Waals surface area (Å²) in [5, 5.41) is 0. The van der Waals surface area contributed by atoms with E-state index in [1.165, 1.54) is 12.8 Å². The Labute approximate surface area is 138 Å². The van der Waals surface area contributed by atoms with E-state index in [2.05, 4.69) is 11.6 Å². The van der Waals surface area contributed by atoms with E-state index in [9.17, 15) is 8.42 Å². The second-order valence-corrected chi connectivity index (χ2v) is 8.63. The van der Waals surface area contributed by atoms with Gasteiger partial charge in [0.2, 0.25) is 10.0 Å². The number of benzene rings is 2. The van der Waals surface area contributed by atoms with Crippen molar-refractivity contribution in [1.82, 2.24) is 4.72 Å². The molecule has 0 radical (unpaired) electrons. The molecule has 1 aliphatic carbocycles. The molecule has 0 saturated heterocycles. The Balaban J connectivity index is 1.86. The zero-order valence-corrected chi connectivity index (χ0v) is 14.4. The van der Waals surface area contributed by atoms with Gasteiger partial charge in [-0.3, -0.25) is 0 Å². The van der Waals surface area contributed by atoms with Crippen LogP contribution in [0.5, 0.6) is 0 Å². The summed E-state index contributed by atoms with van der Waals surface area (Å²) in [6, 6.07) is 16.7. The van der Waals surface area contributed by atoms with Crippen LogP contribution in [0.3, 0.4) is 0 Å². The lowest BCUT2D eigenvalue weighted by atomic mass is 9.95. The number of hydrogen-bond donors (Lipinski definition) is 1. The van der Waals surface area contributed by atoms with Crippen molar-refractivity contribution < 1.29 is 8.42 Å². The third-order valence-corrected chi connectivity index (χ3v) is 6.12. The molecule has 1 N–H and O–H groups in total. The fraction of sp³-hybridized carbons (Fsp3) is 0.368. The molecule has 1 fully saturated rings. The van der Waals surface area contributed by atoms with Gasteiger partial charge < -0.3 is 0 Å². The lowest BCUT2D eigenvalue weighted by Crippen LogP contribution is -2.30. The van der Waals surface area contributed by atoms with E-state index in [1.54, 1.807) is 12.1 Å². The minimum atomic E-state index is -3.52. The molecule has 0 heterocycles. The maximum atomic E-state index is 12.7. The summed E-state index contributed by atoms with van der Waals surface area (Å²) in [5.74, 6) is 0. The van der Waals surface area contributed by atoms with E-state index in [0.29, 0.717) is 4.90 Å². The van der Waals surface area contributed by atoms with Gasteiger partial charge in [-0.15, -0.1) is 0 Å². The summed E-state index contributed by atoms with van der Waals surface area (Å²) in [5.41, 5.74) is 2.33. The molecule has 3 nitrogen and oxygen atoms in total. The van der Waals surface area contributed by atoms with Crippen LogP contribution in [-0.4, -0.2) is 8.42 Å². The van der Waals surface area contributed by atoms with E-state index in [4.69, 9.17) is 0 Å². The normalized spacial score (nSPS) is 17.7. The number of rotatable bonds is 6. The van der Waals surface area contributed by atoms with E-state index in [1.807, 2.05) is 49.4 Å². The summed E-state index contributed by atoms with van der Waals surface area (Å²) < 4.78 is 28.4. The molecule has 4 heteroatoms. The topological polar surface area (TPSA) is 46.2 Å². The van der Waals surface area contributed by atoms with Crippen LogP contribution in [0.1, 0.15) is 43.4 Å². The standard InChI is InChI=1S/C19H23NO2S/c1-15-8-10-17(11-9-15)23(21,22)20-18(14-19(2)12-13-19)16-6-4-3-5-7-16/h3-11,18,20H,12-14H2,1-2H3. The summed E-state index contributed by atoms with van der Waals surface area (Å²) >= 11 is 0. The predicted octanol–water partition coefficient (Wildman–Crippen LogP) is 4.20. The first kappa shape index (κ1) is 16.2. The van der Waals surface area contributed by atoms with Crippen molar-refractivity contribution in [3.05, 3.63) is 65.7 Å². The van der Waals surface area contributed by atoms with Gasteiger partial charge in [0.25, 0.3) is 0 Å². The van der Waals surface area contributed by atoms with Gasteiger partial charge in [-0.25, -0.2) is 13.1 Å². The maximum absolute atomic E-state index is 12.7. The molecule has 0 aliphatic heterocycles. The highest BCUT2D eigenvalue weighted by Crippen LogP contribution is 2.51. The minimum Gasteiger partial charge on any atom is -0.207 e. The molecule has 0 amide bonds. The fourth-order valence-electron chi connectivity index (χ4n) is 2.80. The van der Waals surface area contributed by atoms with Crippen molar-refractivity contribution in [2.45, 2.75) is 44.0 Å². The number of hydrogen-bond acceptors (Lipinski definition) is 2. The van der Waals surface area contributed by atoms with Crippen LogP contribution in [0.25, 0.3) is 0 Å². The monoisotopic (exact) mass is 329 g/mol. The van der Waals surface area contributed by atoms with Crippen molar-refractivity contribution in [3.63, 3.8) is 0 Å². The van der Waals surface area contributed by atoms with Gasteiger partial charge in [0.05, 0.1) is 4.90 Å². The average molecular weight is 329 g/mol. The quantitative estimate of drug-likeness (QED) is 0.863. The summed E-state index contributed by atoms with van der Waals surface area (Å²) in [6.07, 6.45) is 3.17. The summed E-state index contributed by atoms with van der Waals surface area (Å²) in [4.78, 5) is 0.324. The molecular weight excluding hydrogens is 306 g/mol. The minimum absolute atomic E-state index is 0.185. The van der Waals surface area contributed by atoms with Crippen LogP contribution in [0.4, 0.5) is 0 Å². The van der Waals surface area contributed by atoms with Gasteiger partial charge in [0.15, 0.2) is 0 Å². The molecule has 0 spiro atoms. The Bertz CT molecular complexity index is 763. The van der Waals surface area contributed by atoms with E-state index < -0.39 is 10.0 Å². The van der Waals surface area contributed by atoms with Gasteiger partial charge in [-0.2, -0.15) is 0 Å². The Kier molecular flexibility index (Phi) is 4.30.